The van der Waals surface area contributed by atoms with Crippen LogP contribution < -0.4 is 5.32 Å². The van der Waals surface area contributed by atoms with E-state index >= 15 is 0 Å². The number of nitrogens with one attached hydrogen (secondary N) is 1. The van der Waals surface area contributed by atoms with Crippen molar-refractivity contribution in [3.8, 4) is 0 Å². The molecule has 4 nitrogen and oxygen atoms in total. The maximum Gasteiger partial charge on any atom is 0.310 e. The summed E-state index contributed by atoms with van der Waals surface area (Å²) in [7, 11) is 0. The Hall–Kier alpha value is -2.04. The first-order valence-electron chi connectivity index (χ1n) is 7.85. The normalized spacial score (nSPS) is 10.6. The second kappa shape index (κ2) is 8.88. The van der Waals surface area contributed by atoms with E-state index < -0.39 is 11.9 Å². The Morgan fingerprint density at radius 2 is 1.68 bits per heavy atom. The lowest BCUT2D eigenvalue weighted by atomic mass is 10.0. The molecular weight excluding hydrogens is 361 g/mol. The minimum atomic E-state index is -0.567. The van der Waals surface area contributed by atoms with E-state index in [4.69, 9.17) is 27.9 Å². The van der Waals surface area contributed by atoms with Crippen LogP contribution in [0.5, 0.6) is 0 Å². The molecule has 0 saturated carbocycles. The van der Waals surface area contributed by atoms with Gasteiger partial charge < -0.3 is 10.1 Å². The van der Waals surface area contributed by atoms with Gasteiger partial charge in [0, 0.05) is 21.3 Å². The molecule has 6 heteroatoms. The van der Waals surface area contributed by atoms with Crippen molar-refractivity contribution in [2.45, 2.75) is 26.2 Å². The molecule has 0 radical (unpaired) electrons. The van der Waals surface area contributed by atoms with Crippen molar-refractivity contribution in [1.29, 1.82) is 0 Å². The third kappa shape index (κ3) is 5.48. The third-order valence-corrected chi connectivity index (χ3v) is 4.31. The van der Waals surface area contributed by atoms with Gasteiger partial charge in [-0.25, -0.2) is 0 Å². The summed E-state index contributed by atoms with van der Waals surface area (Å²) in [5, 5.41) is 3.54. The molecule has 2 aromatic carbocycles. The Morgan fingerprint density at radius 1 is 1.04 bits per heavy atom. The van der Waals surface area contributed by atoms with E-state index in [2.05, 4.69) is 5.32 Å². The number of carbonyl (C=O) groups excluding carboxylic acids is 2. The standard InChI is InChI=1S/C19H19Cl2NO3/c1-12(2)13-6-3-4-9-17(13)22-18(23)11-25-19(24)10-14-15(20)7-5-8-16(14)21/h3-9,12H,10-11H2,1-2H3,(H,22,23). The van der Waals surface area contributed by atoms with Crippen molar-refractivity contribution in [3.05, 3.63) is 63.6 Å². The zero-order valence-corrected chi connectivity index (χ0v) is 15.5. The summed E-state index contributed by atoms with van der Waals surface area (Å²) in [6.07, 6.45) is -0.0889. The van der Waals surface area contributed by atoms with E-state index in [0.29, 0.717) is 21.3 Å². The number of amides is 1. The second-order valence-electron chi connectivity index (χ2n) is 5.83. The minimum absolute atomic E-state index is 0.0889. The molecule has 0 aromatic heterocycles. The number of halogens is 2. The van der Waals surface area contributed by atoms with Crippen LogP contribution in [0.3, 0.4) is 0 Å². The second-order valence-corrected chi connectivity index (χ2v) is 6.64. The molecule has 132 valence electrons. The maximum absolute atomic E-state index is 12.0. The highest BCUT2D eigenvalue weighted by Crippen LogP contribution is 2.25. The average molecular weight is 380 g/mol. The molecule has 0 unspecified atom stereocenters. The van der Waals surface area contributed by atoms with Crippen LogP contribution in [0.25, 0.3) is 0 Å². The molecule has 0 aliphatic rings. The Balaban J connectivity index is 1.91. The SMILES string of the molecule is CC(C)c1ccccc1NC(=O)COC(=O)Cc1c(Cl)cccc1Cl. The Labute approximate surface area is 157 Å². The van der Waals surface area contributed by atoms with Gasteiger partial charge in [0.05, 0.1) is 6.42 Å². The molecule has 25 heavy (non-hydrogen) atoms. The lowest BCUT2D eigenvalue weighted by Gasteiger charge is -2.13. The molecule has 0 fully saturated rings. The van der Waals surface area contributed by atoms with E-state index in [1.54, 1.807) is 18.2 Å². The molecule has 0 aliphatic heterocycles. The summed E-state index contributed by atoms with van der Waals surface area (Å²) in [6.45, 7) is 3.71. The van der Waals surface area contributed by atoms with Crippen molar-refractivity contribution in [2.24, 2.45) is 0 Å². The summed E-state index contributed by atoms with van der Waals surface area (Å²) in [4.78, 5) is 24.0. The lowest BCUT2D eigenvalue weighted by Crippen LogP contribution is -2.22. The van der Waals surface area contributed by atoms with Gasteiger partial charge in [0.15, 0.2) is 6.61 Å². The summed E-state index contributed by atoms with van der Waals surface area (Å²) in [5.41, 5.74) is 2.22. The number of carbonyl (C=O) groups is 2. The molecule has 0 spiro atoms. The molecule has 0 atom stereocenters. The number of hydrogen-bond acceptors (Lipinski definition) is 3. The van der Waals surface area contributed by atoms with Gasteiger partial charge in [0.25, 0.3) is 5.91 Å². The van der Waals surface area contributed by atoms with E-state index in [1.807, 2.05) is 38.1 Å². The molecule has 2 rings (SSSR count). The van der Waals surface area contributed by atoms with Crippen LogP contribution >= 0.6 is 23.2 Å². The number of esters is 1. The molecule has 0 bridgehead atoms. The Morgan fingerprint density at radius 3 is 2.32 bits per heavy atom. The fourth-order valence-corrected chi connectivity index (χ4v) is 2.87. The largest absolute Gasteiger partial charge is 0.455 e. The zero-order chi connectivity index (χ0) is 18.4. The van der Waals surface area contributed by atoms with Gasteiger partial charge in [-0.2, -0.15) is 0 Å². The predicted octanol–water partition coefficient (Wildman–Crippen LogP) is 4.84. The average Bonchev–Trinajstić information content (AvgIpc) is 2.57. The monoisotopic (exact) mass is 379 g/mol. The third-order valence-electron chi connectivity index (χ3n) is 3.60. The summed E-state index contributed by atoms with van der Waals surface area (Å²) in [6, 6.07) is 12.5. The highest BCUT2D eigenvalue weighted by atomic mass is 35.5. The molecular formula is C19H19Cl2NO3. The quantitative estimate of drug-likeness (QED) is 0.730. The number of hydrogen-bond donors (Lipinski definition) is 1. The van der Waals surface area contributed by atoms with Crippen molar-refractivity contribution in [1.82, 2.24) is 0 Å². The van der Waals surface area contributed by atoms with Crippen LogP contribution in [-0.4, -0.2) is 18.5 Å². The van der Waals surface area contributed by atoms with Gasteiger partial charge in [0.1, 0.15) is 0 Å². The molecule has 0 heterocycles. The Kier molecular flexibility index (Phi) is 6.85. The molecule has 1 N–H and O–H groups in total. The number of rotatable bonds is 6. The topological polar surface area (TPSA) is 55.4 Å². The van der Waals surface area contributed by atoms with Gasteiger partial charge in [-0.15, -0.1) is 0 Å². The number of para-hydroxylation sites is 1. The van der Waals surface area contributed by atoms with Crippen LogP contribution in [0.4, 0.5) is 5.69 Å². The van der Waals surface area contributed by atoms with E-state index in [0.717, 1.165) is 5.56 Å². The fraction of sp³-hybridized carbons (Fsp3) is 0.263. The first kappa shape index (κ1) is 19.3. The predicted molar refractivity (Wildman–Crippen MR) is 100 cm³/mol. The first-order valence-corrected chi connectivity index (χ1v) is 8.61. The summed E-state index contributed by atoms with van der Waals surface area (Å²) >= 11 is 12.0. The van der Waals surface area contributed by atoms with E-state index in [1.165, 1.54) is 0 Å². The highest BCUT2D eigenvalue weighted by molar-refractivity contribution is 6.36. The number of ether oxygens (including phenoxy) is 1. The molecule has 1 amide bonds. The summed E-state index contributed by atoms with van der Waals surface area (Å²) < 4.78 is 5.02. The van der Waals surface area contributed by atoms with E-state index in [-0.39, 0.29) is 18.9 Å². The smallest absolute Gasteiger partial charge is 0.310 e. The van der Waals surface area contributed by atoms with Gasteiger partial charge >= 0.3 is 5.97 Å². The Bertz CT molecular complexity index is 755. The first-order chi connectivity index (χ1) is 11.9. The van der Waals surface area contributed by atoms with Crippen molar-refractivity contribution >= 4 is 40.8 Å². The maximum atomic E-state index is 12.0. The fourth-order valence-electron chi connectivity index (χ4n) is 2.34. The van der Waals surface area contributed by atoms with Crippen molar-refractivity contribution < 1.29 is 14.3 Å². The highest BCUT2D eigenvalue weighted by Gasteiger charge is 2.14. The van der Waals surface area contributed by atoms with Gasteiger partial charge in [0.2, 0.25) is 0 Å². The van der Waals surface area contributed by atoms with Crippen molar-refractivity contribution in [2.75, 3.05) is 11.9 Å². The van der Waals surface area contributed by atoms with Gasteiger partial charge in [-0.05, 0) is 29.7 Å². The van der Waals surface area contributed by atoms with E-state index in [9.17, 15) is 9.59 Å². The number of anilines is 1. The minimum Gasteiger partial charge on any atom is -0.455 e. The van der Waals surface area contributed by atoms with Crippen molar-refractivity contribution in [3.63, 3.8) is 0 Å². The van der Waals surface area contributed by atoms with Crippen LogP contribution in [-0.2, 0) is 20.7 Å². The summed E-state index contributed by atoms with van der Waals surface area (Å²) in [5.74, 6) is -0.699. The molecule has 0 saturated heterocycles. The number of benzene rings is 2. The lowest BCUT2D eigenvalue weighted by molar-refractivity contribution is -0.146. The van der Waals surface area contributed by atoms with Crippen LogP contribution in [0.2, 0.25) is 10.0 Å². The molecule has 2 aromatic rings. The zero-order valence-electron chi connectivity index (χ0n) is 14.0. The molecule has 0 aliphatic carbocycles. The van der Waals surface area contributed by atoms with Gasteiger partial charge in [-0.1, -0.05) is 61.3 Å². The van der Waals surface area contributed by atoms with Crippen LogP contribution in [0.15, 0.2) is 42.5 Å². The van der Waals surface area contributed by atoms with Crippen LogP contribution in [0.1, 0.15) is 30.9 Å². The van der Waals surface area contributed by atoms with Crippen LogP contribution in [0, 0.1) is 0 Å². The van der Waals surface area contributed by atoms with Gasteiger partial charge in [-0.3, -0.25) is 9.59 Å².